The zero-order valence-electron chi connectivity index (χ0n) is 18.6. The molecule has 180 valence electrons. The summed E-state index contributed by atoms with van der Waals surface area (Å²) in [7, 11) is -7.17. The molecule has 0 aliphatic heterocycles. The van der Waals surface area contributed by atoms with Gasteiger partial charge in [-0.3, -0.25) is 14.8 Å². The second-order valence-electron chi connectivity index (χ2n) is 7.66. The molecule has 0 unspecified atom stereocenters. The summed E-state index contributed by atoms with van der Waals surface area (Å²) in [5, 5.41) is 10.1. The molecule has 0 aliphatic rings. The molecule has 0 spiro atoms. The Hall–Kier alpha value is -4.03. The Bertz CT molecular complexity index is 1590. The van der Waals surface area contributed by atoms with E-state index in [0.29, 0.717) is 5.56 Å². The number of benzene rings is 3. The zero-order chi connectivity index (χ0) is 25.2. The number of rotatable bonds is 7. The number of aromatic nitrogens is 2. The second-order valence-corrected chi connectivity index (χ2v) is 11.4. The predicted octanol–water partition coefficient (Wildman–Crippen LogP) is 3.50. The fraction of sp³-hybridized carbons (Fsp3) is 0.0870. The van der Waals surface area contributed by atoms with E-state index in [2.05, 4.69) is 20.2 Å². The van der Waals surface area contributed by atoms with Crippen molar-refractivity contribution in [2.75, 3.05) is 16.3 Å². The highest BCUT2D eigenvalue weighted by molar-refractivity contribution is 7.92. The van der Waals surface area contributed by atoms with Crippen LogP contribution in [0.15, 0.2) is 87.0 Å². The normalized spacial score (nSPS) is 11.7. The third kappa shape index (κ3) is 5.73. The van der Waals surface area contributed by atoms with Gasteiger partial charge in [0.15, 0.2) is 9.84 Å². The first-order valence-electron chi connectivity index (χ1n) is 10.2. The van der Waals surface area contributed by atoms with Gasteiger partial charge in [-0.25, -0.2) is 16.8 Å². The van der Waals surface area contributed by atoms with Crippen LogP contribution in [0.5, 0.6) is 0 Å². The van der Waals surface area contributed by atoms with E-state index in [9.17, 15) is 21.6 Å². The number of nitrogens with zero attached hydrogens (tertiary/aromatic N) is 2. The summed E-state index contributed by atoms with van der Waals surface area (Å²) in [6, 6.07) is 18.0. The van der Waals surface area contributed by atoms with Crippen LogP contribution in [0.25, 0.3) is 11.5 Å². The molecule has 2 N–H and O–H groups in total. The van der Waals surface area contributed by atoms with E-state index in [0.717, 1.165) is 11.8 Å². The van der Waals surface area contributed by atoms with Crippen molar-refractivity contribution in [3.63, 3.8) is 0 Å². The summed E-state index contributed by atoms with van der Waals surface area (Å²) in [6.07, 6.45) is 1.10. The van der Waals surface area contributed by atoms with Crippen LogP contribution in [0.2, 0.25) is 0 Å². The predicted molar refractivity (Wildman–Crippen MR) is 129 cm³/mol. The van der Waals surface area contributed by atoms with Crippen LogP contribution < -0.4 is 10.0 Å². The van der Waals surface area contributed by atoms with E-state index >= 15 is 0 Å². The average Bonchev–Trinajstić information content (AvgIpc) is 3.27. The maximum atomic E-state index is 12.7. The molecule has 0 fully saturated rings. The first-order valence-corrected chi connectivity index (χ1v) is 13.5. The highest BCUT2D eigenvalue weighted by Crippen LogP contribution is 2.23. The van der Waals surface area contributed by atoms with Gasteiger partial charge >= 0.3 is 6.01 Å². The molecule has 0 saturated heterocycles. The molecule has 4 rings (SSSR count). The Morgan fingerprint density at radius 3 is 2.17 bits per heavy atom. The van der Waals surface area contributed by atoms with Crippen molar-refractivity contribution in [3.8, 4) is 11.5 Å². The smallest absolute Gasteiger partial charge is 0.322 e. The molecule has 1 amide bonds. The summed E-state index contributed by atoms with van der Waals surface area (Å²) in [4.78, 5) is 12.9. The summed E-state index contributed by atoms with van der Waals surface area (Å²) in [6.45, 7) is 1.85. The average molecular weight is 513 g/mol. The summed E-state index contributed by atoms with van der Waals surface area (Å²) in [5.74, 6) is -0.510. The summed E-state index contributed by atoms with van der Waals surface area (Å²) >= 11 is 0. The Balaban J connectivity index is 1.47. The molecule has 10 nitrogen and oxygen atoms in total. The number of nitrogens with one attached hydrogen (secondary N) is 2. The van der Waals surface area contributed by atoms with E-state index in [4.69, 9.17) is 4.42 Å². The molecule has 0 radical (unpaired) electrons. The Morgan fingerprint density at radius 2 is 1.51 bits per heavy atom. The van der Waals surface area contributed by atoms with Crippen molar-refractivity contribution in [2.24, 2.45) is 0 Å². The first-order chi connectivity index (χ1) is 16.5. The van der Waals surface area contributed by atoms with Gasteiger partial charge in [-0.1, -0.05) is 28.9 Å². The fourth-order valence-corrected chi connectivity index (χ4v) is 4.74. The van der Waals surface area contributed by atoms with Gasteiger partial charge in [0.05, 0.1) is 9.79 Å². The molecule has 0 bridgehead atoms. The van der Waals surface area contributed by atoms with Crippen LogP contribution in [0.1, 0.15) is 15.9 Å². The Labute approximate surface area is 202 Å². The largest absolute Gasteiger partial charge is 0.403 e. The number of anilines is 2. The van der Waals surface area contributed by atoms with Crippen LogP contribution in [0.4, 0.5) is 11.7 Å². The van der Waals surface area contributed by atoms with Crippen LogP contribution in [0, 0.1) is 6.92 Å². The maximum Gasteiger partial charge on any atom is 0.322 e. The highest BCUT2D eigenvalue weighted by Gasteiger charge is 2.17. The standard InChI is InChI=1S/C23H20N4O6S2/c1-15-6-10-20(11-7-15)35(31,32)27-18-5-3-4-17(14-18)21(28)24-23-26-25-22(33-23)16-8-12-19(13-9-16)34(2,29)30/h3-14,27H,1-2H3,(H,24,26,28). The third-order valence-electron chi connectivity index (χ3n) is 4.88. The topological polar surface area (TPSA) is 148 Å². The lowest BCUT2D eigenvalue weighted by Crippen LogP contribution is -2.15. The number of hydrogen-bond acceptors (Lipinski definition) is 8. The first kappa shape index (κ1) is 24.1. The molecule has 4 aromatic rings. The van der Waals surface area contributed by atoms with Gasteiger partial charge in [0.2, 0.25) is 5.89 Å². The Kier molecular flexibility index (Phi) is 6.41. The molecule has 1 aromatic heterocycles. The van der Waals surface area contributed by atoms with Crippen LogP contribution in [0.3, 0.4) is 0 Å². The van der Waals surface area contributed by atoms with E-state index in [1.165, 1.54) is 60.7 Å². The molecule has 1 heterocycles. The molecule has 3 aromatic carbocycles. The number of sulfone groups is 1. The van der Waals surface area contributed by atoms with Crippen LogP contribution >= 0.6 is 0 Å². The van der Waals surface area contributed by atoms with E-state index in [1.54, 1.807) is 12.1 Å². The molecule has 0 atom stereocenters. The highest BCUT2D eigenvalue weighted by atomic mass is 32.2. The van der Waals surface area contributed by atoms with Crippen molar-refractivity contribution < 1.29 is 26.0 Å². The lowest BCUT2D eigenvalue weighted by Gasteiger charge is -2.09. The molecule has 0 saturated carbocycles. The minimum absolute atomic E-state index is 0.0833. The van der Waals surface area contributed by atoms with E-state index in [1.807, 2.05) is 6.92 Å². The molecule has 12 heteroatoms. The number of carbonyl (C=O) groups excluding carboxylic acids is 1. The minimum Gasteiger partial charge on any atom is -0.403 e. The van der Waals surface area contributed by atoms with Crippen LogP contribution in [-0.2, 0) is 19.9 Å². The van der Waals surface area contributed by atoms with Gasteiger partial charge in [-0.15, -0.1) is 5.10 Å². The van der Waals surface area contributed by atoms with Crippen molar-refractivity contribution in [3.05, 3.63) is 83.9 Å². The lowest BCUT2D eigenvalue weighted by molar-refractivity contribution is 0.102. The lowest BCUT2D eigenvalue weighted by atomic mass is 10.2. The quantitative estimate of drug-likeness (QED) is 0.382. The van der Waals surface area contributed by atoms with Crippen LogP contribution in [-0.4, -0.2) is 39.2 Å². The van der Waals surface area contributed by atoms with Gasteiger partial charge in [0.25, 0.3) is 15.9 Å². The second kappa shape index (κ2) is 9.31. The number of hydrogen-bond donors (Lipinski definition) is 2. The van der Waals surface area contributed by atoms with Crippen molar-refractivity contribution in [2.45, 2.75) is 16.7 Å². The number of carbonyl (C=O) groups is 1. The maximum absolute atomic E-state index is 12.7. The minimum atomic E-state index is -3.83. The third-order valence-corrected chi connectivity index (χ3v) is 7.41. The molecule has 0 aliphatic carbocycles. The van der Waals surface area contributed by atoms with Gasteiger partial charge in [-0.05, 0) is 61.5 Å². The fourth-order valence-electron chi connectivity index (χ4n) is 3.06. The zero-order valence-corrected chi connectivity index (χ0v) is 20.2. The van der Waals surface area contributed by atoms with Crippen molar-refractivity contribution in [1.82, 2.24) is 10.2 Å². The monoisotopic (exact) mass is 512 g/mol. The van der Waals surface area contributed by atoms with Crippen molar-refractivity contribution >= 4 is 37.5 Å². The number of sulfonamides is 1. The SMILES string of the molecule is Cc1ccc(S(=O)(=O)Nc2cccc(C(=O)Nc3nnc(-c4ccc(S(C)(=O)=O)cc4)o3)c2)cc1. The van der Waals surface area contributed by atoms with Gasteiger partial charge in [-0.2, -0.15) is 0 Å². The van der Waals surface area contributed by atoms with Gasteiger partial charge in [0.1, 0.15) is 0 Å². The number of amides is 1. The Morgan fingerprint density at radius 1 is 0.857 bits per heavy atom. The molecular formula is C23H20N4O6S2. The summed E-state index contributed by atoms with van der Waals surface area (Å²) in [5.41, 5.74) is 1.76. The molecule has 35 heavy (non-hydrogen) atoms. The van der Waals surface area contributed by atoms with E-state index in [-0.39, 0.29) is 32.9 Å². The number of aryl methyl sites for hydroxylation is 1. The van der Waals surface area contributed by atoms with E-state index < -0.39 is 25.8 Å². The summed E-state index contributed by atoms with van der Waals surface area (Å²) < 4.78 is 56.3. The van der Waals surface area contributed by atoms with Gasteiger partial charge < -0.3 is 4.42 Å². The van der Waals surface area contributed by atoms with Gasteiger partial charge in [0, 0.05) is 23.1 Å². The molecular weight excluding hydrogens is 492 g/mol. The van der Waals surface area contributed by atoms with Crippen molar-refractivity contribution in [1.29, 1.82) is 0 Å².